The summed E-state index contributed by atoms with van der Waals surface area (Å²) in [5.74, 6) is 1.59. The summed E-state index contributed by atoms with van der Waals surface area (Å²) < 4.78 is 13.6. The van der Waals surface area contributed by atoms with Gasteiger partial charge in [-0.15, -0.1) is 0 Å². The molecule has 20 heavy (non-hydrogen) atoms. The lowest BCUT2D eigenvalue weighted by Crippen LogP contribution is -2.10. The fourth-order valence-electron chi connectivity index (χ4n) is 2.10. The van der Waals surface area contributed by atoms with Crippen molar-refractivity contribution in [3.63, 3.8) is 0 Å². The Labute approximate surface area is 118 Å². The van der Waals surface area contributed by atoms with E-state index in [-0.39, 0.29) is 11.7 Å². The van der Waals surface area contributed by atoms with Gasteiger partial charge >= 0.3 is 0 Å². The SMILES string of the molecule is CNc1ncnc(NCc2ccccc2F)c1C(C)C. The Kier molecular flexibility index (Phi) is 4.50. The number of nitrogens with one attached hydrogen (secondary N) is 2. The normalized spacial score (nSPS) is 10.7. The van der Waals surface area contributed by atoms with Crippen LogP contribution in [0.5, 0.6) is 0 Å². The van der Waals surface area contributed by atoms with Gasteiger partial charge in [-0.05, 0) is 12.0 Å². The maximum Gasteiger partial charge on any atom is 0.135 e. The van der Waals surface area contributed by atoms with Crippen LogP contribution < -0.4 is 10.6 Å². The molecule has 2 N–H and O–H groups in total. The van der Waals surface area contributed by atoms with Crippen molar-refractivity contribution in [2.75, 3.05) is 17.7 Å². The first-order valence-electron chi connectivity index (χ1n) is 6.63. The lowest BCUT2D eigenvalue weighted by molar-refractivity contribution is 0.612. The standard InChI is InChI=1S/C15H19FN4/c1-10(2)13-14(17-3)19-9-20-15(13)18-8-11-6-4-5-7-12(11)16/h4-7,9-10H,8H2,1-3H3,(H2,17,18,19,20). The molecule has 0 unspecified atom stereocenters. The smallest absolute Gasteiger partial charge is 0.135 e. The number of halogens is 1. The third-order valence-corrected chi connectivity index (χ3v) is 3.10. The number of hydrogen-bond donors (Lipinski definition) is 2. The zero-order valence-electron chi connectivity index (χ0n) is 11.9. The second-order valence-electron chi connectivity index (χ2n) is 4.83. The molecular formula is C15H19FN4. The number of rotatable bonds is 5. The Hall–Kier alpha value is -2.17. The molecule has 2 aromatic rings. The van der Waals surface area contributed by atoms with Crippen molar-refractivity contribution in [1.82, 2.24) is 9.97 Å². The third-order valence-electron chi connectivity index (χ3n) is 3.10. The van der Waals surface area contributed by atoms with Crippen LogP contribution in [-0.2, 0) is 6.54 Å². The molecule has 1 heterocycles. The van der Waals surface area contributed by atoms with E-state index < -0.39 is 0 Å². The van der Waals surface area contributed by atoms with E-state index in [1.54, 1.807) is 12.1 Å². The number of benzene rings is 1. The van der Waals surface area contributed by atoms with Crippen molar-refractivity contribution in [3.8, 4) is 0 Å². The van der Waals surface area contributed by atoms with E-state index >= 15 is 0 Å². The predicted octanol–water partition coefficient (Wildman–Crippen LogP) is 3.39. The van der Waals surface area contributed by atoms with Gasteiger partial charge in [-0.2, -0.15) is 0 Å². The van der Waals surface area contributed by atoms with Gasteiger partial charge in [0, 0.05) is 24.7 Å². The monoisotopic (exact) mass is 274 g/mol. The van der Waals surface area contributed by atoms with Crippen LogP contribution in [-0.4, -0.2) is 17.0 Å². The minimum Gasteiger partial charge on any atom is -0.373 e. The largest absolute Gasteiger partial charge is 0.373 e. The summed E-state index contributed by atoms with van der Waals surface area (Å²) in [5.41, 5.74) is 1.62. The number of nitrogens with zero attached hydrogens (tertiary/aromatic N) is 2. The number of hydrogen-bond acceptors (Lipinski definition) is 4. The van der Waals surface area contributed by atoms with Crippen LogP contribution in [0.4, 0.5) is 16.0 Å². The van der Waals surface area contributed by atoms with Gasteiger partial charge in [-0.25, -0.2) is 14.4 Å². The first-order chi connectivity index (χ1) is 9.63. The van der Waals surface area contributed by atoms with Gasteiger partial charge in [-0.1, -0.05) is 32.0 Å². The zero-order chi connectivity index (χ0) is 14.5. The van der Waals surface area contributed by atoms with E-state index in [1.165, 1.54) is 12.4 Å². The summed E-state index contributed by atoms with van der Waals surface area (Å²) in [6.07, 6.45) is 1.50. The van der Waals surface area contributed by atoms with Gasteiger partial charge in [0.25, 0.3) is 0 Å². The van der Waals surface area contributed by atoms with Crippen molar-refractivity contribution >= 4 is 11.6 Å². The molecule has 0 saturated carbocycles. The van der Waals surface area contributed by atoms with Crippen molar-refractivity contribution in [3.05, 3.63) is 47.5 Å². The second kappa shape index (κ2) is 6.32. The molecule has 0 spiro atoms. The molecule has 0 aliphatic heterocycles. The van der Waals surface area contributed by atoms with Crippen molar-refractivity contribution in [2.45, 2.75) is 26.3 Å². The van der Waals surface area contributed by atoms with Crippen LogP contribution >= 0.6 is 0 Å². The van der Waals surface area contributed by atoms with E-state index in [0.717, 1.165) is 17.2 Å². The summed E-state index contributed by atoms with van der Waals surface area (Å²) in [6, 6.07) is 6.72. The maximum absolute atomic E-state index is 13.6. The molecule has 106 valence electrons. The molecule has 0 bridgehead atoms. The number of aromatic nitrogens is 2. The Bertz CT molecular complexity index is 584. The van der Waals surface area contributed by atoms with Crippen LogP contribution in [0, 0.1) is 5.82 Å². The van der Waals surface area contributed by atoms with E-state index in [1.807, 2.05) is 13.1 Å². The average molecular weight is 274 g/mol. The lowest BCUT2D eigenvalue weighted by Gasteiger charge is -2.16. The molecule has 0 aliphatic rings. The van der Waals surface area contributed by atoms with Gasteiger partial charge in [0.05, 0.1) is 0 Å². The molecule has 0 aliphatic carbocycles. The molecule has 4 nitrogen and oxygen atoms in total. The summed E-state index contributed by atoms with van der Waals surface area (Å²) in [5, 5.41) is 6.26. The van der Waals surface area contributed by atoms with E-state index in [4.69, 9.17) is 0 Å². The fraction of sp³-hybridized carbons (Fsp3) is 0.333. The Morgan fingerprint density at radius 3 is 2.50 bits per heavy atom. The van der Waals surface area contributed by atoms with Crippen molar-refractivity contribution in [1.29, 1.82) is 0 Å². The fourth-order valence-corrected chi connectivity index (χ4v) is 2.10. The van der Waals surface area contributed by atoms with Crippen LogP contribution in [0.3, 0.4) is 0 Å². The molecule has 0 atom stereocenters. The molecule has 0 saturated heterocycles. The minimum absolute atomic E-state index is 0.214. The topological polar surface area (TPSA) is 49.8 Å². The summed E-state index contributed by atoms with van der Waals surface area (Å²) in [6.45, 7) is 4.55. The predicted molar refractivity (Wildman–Crippen MR) is 79.4 cm³/mol. The highest BCUT2D eigenvalue weighted by Gasteiger charge is 2.14. The Morgan fingerprint density at radius 1 is 1.15 bits per heavy atom. The highest BCUT2D eigenvalue weighted by Crippen LogP contribution is 2.28. The number of anilines is 2. The first-order valence-corrected chi connectivity index (χ1v) is 6.63. The van der Waals surface area contributed by atoms with E-state index in [9.17, 15) is 4.39 Å². The van der Waals surface area contributed by atoms with Crippen LogP contribution in [0.2, 0.25) is 0 Å². The molecule has 0 amide bonds. The molecule has 0 radical (unpaired) electrons. The molecular weight excluding hydrogens is 255 g/mol. The van der Waals surface area contributed by atoms with Gasteiger partial charge in [-0.3, -0.25) is 0 Å². The Balaban J connectivity index is 2.24. The lowest BCUT2D eigenvalue weighted by atomic mass is 10.0. The average Bonchev–Trinajstić information content (AvgIpc) is 2.45. The summed E-state index contributed by atoms with van der Waals surface area (Å²) in [4.78, 5) is 8.48. The van der Waals surface area contributed by atoms with Crippen molar-refractivity contribution in [2.24, 2.45) is 0 Å². The van der Waals surface area contributed by atoms with Crippen LogP contribution in [0.1, 0.15) is 30.9 Å². The van der Waals surface area contributed by atoms with Gasteiger partial charge < -0.3 is 10.6 Å². The minimum atomic E-state index is -0.214. The van der Waals surface area contributed by atoms with E-state index in [0.29, 0.717) is 12.1 Å². The molecule has 2 rings (SSSR count). The molecule has 0 fully saturated rings. The van der Waals surface area contributed by atoms with Crippen molar-refractivity contribution < 1.29 is 4.39 Å². The van der Waals surface area contributed by atoms with Crippen LogP contribution in [0.15, 0.2) is 30.6 Å². The van der Waals surface area contributed by atoms with E-state index in [2.05, 4.69) is 34.4 Å². The molecule has 1 aromatic carbocycles. The maximum atomic E-state index is 13.6. The first kappa shape index (κ1) is 14.2. The van der Waals surface area contributed by atoms with Gasteiger partial charge in [0.2, 0.25) is 0 Å². The summed E-state index contributed by atoms with van der Waals surface area (Å²) >= 11 is 0. The third kappa shape index (κ3) is 3.04. The second-order valence-corrected chi connectivity index (χ2v) is 4.83. The van der Waals surface area contributed by atoms with Gasteiger partial charge in [0.1, 0.15) is 23.8 Å². The highest BCUT2D eigenvalue weighted by atomic mass is 19.1. The highest BCUT2D eigenvalue weighted by molar-refractivity contribution is 5.58. The quantitative estimate of drug-likeness (QED) is 0.877. The Morgan fingerprint density at radius 2 is 1.85 bits per heavy atom. The zero-order valence-corrected chi connectivity index (χ0v) is 11.9. The molecule has 5 heteroatoms. The van der Waals surface area contributed by atoms with Crippen LogP contribution in [0.25, 0.3) is 0 Å². The van der Waals surface area contributed by atoms with Gasteiger partial charge in [0.15, 0.2) is 0 Å². The summed E-state index contributed by atoms with van der Waals surface area (Å²) in [7, 11) is 1.83. The molecule has 1 aromatic heterocycles.